The third kappa shape index (κ3) is 6.26. The number of hydrogen-bond acceptors (Lipinski definition) is 3. The molecule has 0 radical (unpaired) electrons. The van der Waals surface area contributed by atoms with Gasteiger partial charge in [-0.1, -0.05) is 24.6 Å². The van der Waals surface area contributed by atoms with E-state index < -0.39 is 0 Å². The first kappa shape index (κ1) is 18.6. The molecule has 1 N–H and O–H groups in total. The Morgan fingerprint density at radius 2 is 1.85 bits per heavy atom. The summed E-state index contributed by atoms with van der Waals surface area (Å²) in [5.41, 5.74) is 3.49. The number of pyridine rings is 1. The van der Waals surface area contributed by atoms with Gasteiger partial charge >= 0.3 is 0 Å². The number of hydrogen-bond donors (Lipinski definition) is 1. The first-order chi connectivity index (χ1) is 12.8. The minimum absolute atomic E-state index is 0. The van der Waals surface area contributed by atoms with Crippen LogP contribution in [-0.4, -0.2) is 35.9 Å². The maximum absolute atomic E-state index is 10.1. The van der Waals surface area contributed by atoms with Crippen LogP contribution in [0.15, 0.2) is 48.7 Å². The van der Waals surface area contributed by atoms with E-state index >= 15 is 0 Å². The molecular weight excluding hydrogens is 322 g/mol. The SMILES string of the molecule is O=CNc1ccc(C2CC2)cc1.[HH].c1ccc(CCN2CCCCC2)nc1. The van der Waals surface area contributed by atoms with Gasteiger partial charge in [0, 0.05) is 32.0 Å². The average Bonchev–Trinajstić information content (AvgIpc) is 3.55. The van der Waals surface area contributed by atoms with Crippen LogP contribution in [0.25, 0.3) is 0 Å². The van der Waals surface area contributed by atoms with Crippen molar-refractivity contribution < 1.29 is 6.22 Å². The van der Waals surface area contributed by atoms with Crippen LogP contribution in [0, 0.1) is 0 Å². The summed E-state index contributed by atoms with van der Waals surface area (Å²) in [7, 11) is 0. The van der Waals surface area contributed by atoms with E-state index in [1.54, 1.807) is 0 Å². The Bertz CT molecular complexity index is 653. The zero-order valence-corrected chi connectivity index (χ0v) is 15.4. The van der Waals surface area contributed by atoms with Crippen molar-refractivity contribution in [1.82, 2.24) is 9.88 Å². The summed E-state index contributed by atoms with van der Waals surface area (Å²) in [6, 6.07) is 14.2. The van der Waals surface area contributed by atoms with Gasteiger partial charge in [0.25, 0.3) is 0 Å². The molecule has 0 bridgehead atoms. The zero-order chi connectivity index (χ0) is 18.0. The van der Waals surface area contributed by atoms with E-state index in [1.807, 2.05) is 24.4 Å². The van der Waals surface area contributed by atoms with Gasteiger partial charge in [0.1, 0.15) is 0 Å². The molecule has 0 atom stereocenters. The molecule has 1 amide bonds. The van der Waals surface area contributed by atoms with E-state index in [-0.39, 0.29) is 1.43 Å². The number of nitrogens with zero attached hydrogens (tertiary/aromatic N) is 2. The summed E-state index contributed by atoms with van der Waals surface area (Å²) >= 11 is 0. The fraction of sp³-hybridized carbons (Fsp3) is 0.455. The quantitative estimate of drug-likeness (QED) is 0.778. The van der Waals surface area contributed by atoms with Crippen LogP contribution in [0.2, 0.25) is 0 Å². The third-order valence-corrected chi connectivity index (χ3v) is 5.04. The summed E-state index contributed by atoms with van der Waals surface area (Å²) in [6.07, 6.45) is 10.5. The van der Waals surface area contributed by atoms with Crippen molar-refractivity contribution >= 4 is 12.1 Å². The highest BCUT2D eigenvalue weighted by molar-refractivity contribution is 5.71. The molecule has 26 heavy (non-hydrogen) atoms. The Morgan fingerprint density at radius 3 is 2.46 bits per heavy atom. The topological polar surface area (TPSA) is 45.2 Å². The standard InChI is InChI=1S/C12H18N2.C10H11NO.H2/c1-4-9-14(10-5-1)11-7-12-6-2-3-8-13-12;12-7-11-10-5-3-9(4-6-10)8-1-2-8;/h2-3,6,8H,1,4-5,7,9-11H2;3-8H,1-2H2,(H,11,12);1H. The van der Waals surface area contributed by atoms with E-state index in [1.165, 1.54) is 63.0 Å². The molecule has 2 aliphatic rings. The first-order valence-electron chi connectivity index (χ1n) is 9.77. The summed E-state index contributed by atoms with van der Waals surface area (Å²) in [6.45, 7) is 3.75. The maximum atomic E-state index is 10.1. The smallest absolute Gasteiger partial charge is 0.211 e. The van der Waals surface area contributed by atoms with Crippen molar-refractivity contribution in [3.63, 3.8) is 0 Å². The van der Waals surface area contributed by atoms with Crippen LogP contribution >= 0.6 is 0 Å². The van der Waals surface area contributed by atoms with E-state index in [0.717, 1.165) is 18.0 Å². The molecule has 1 aromatic carbocycles. The molecule has 0 unspecified atom stereocenters. The molecule has 1 aromatic heterocycles. The lowest BCUT2D eigenvalue weighted by Gasteiger charge is -2.26. The van der Waals surface area contributed by atoms with E-state index in [9.17, 15) is 4.79 Å². The number of carbonyl (C=O) groups is 1. The molecule has 1 saturated heterocycles. The average molecular weight is 354 g/mol. The predicted octanol–water partition coefficient (Wildman–Crippen LogP) is 4.49. The molecule has 4 nitrogen and oxygen atoms in total. The summed E-state index contributed by atoms with van der Waals surface area (Å²) < 4.78 is 0. The van der Waals surface area contributed by atoms with E-state index in [4.69, 9.17) is 0 Å². The monoisotopic (exact) mass is 353 g/mol. The van der Waals surface area contributed by atoms with Gasteiger partial charge in [0.05, 0.1) is 0 Å². The van der Waals surface area contributed by atoms with Gasteiger partial charge in [-0.3, -0.25) is 9.78 Å². The lowest BCUT2D eigenvalue weighted by molar-refractivity contribution is -0.105. The molecule has 4 heteroatoms. The Labute approximate surface area is 158 Å². The lowest BCUT2D eigenvalue weighted by atomic mass is 10.1. The molecule has 1 aliphatic carbocycles. The van der Waals surface area contributed by atoms with Gasteiger partial charge in [-0.05, 0) is 74.5 Å². The number of aromatic nitrogens is 1. The van der Waals surface area contributed by atoms with Crippen molar-refractivity contribution in [2.45, 2.75) is 44.4 Å². The van der Waals surface area contributed by atoms with Crippen LogP contribution < -0.4 is 5.32 Å². The number of benzene rings is 1. The largest absolute Gasteiger partial charge is 0.329 e. The maximum Gasteiger partial charge on any atom is 0.211 e. The highest BCUT2D eigenvalue weighted by Gasteiger charge is 2.22. The molecule has 0 spiro atoms. The molecule has 4 rings (SSSR count). The van der Waals surface area contributed by atoms with E-state index in [2.05, 4.69) is 39.5 Å². The van der Waals surface area contributed by atoms with Crippen molar-refractivity contribution in [2.75, 3.05) is 25.0 Å². The van der Waals surface area contributed by atoms with Gasteiger partial charge in [0.15, 0.2) is 0 Å². The van der Waals surface area contributed by atoms with Crippen LogP contribution in [0.5, 0.6) is 0 Å². The van der Waals surface area contributed by atoms with Crippen molar-refractivity contribution in [3.05, 3.63) is 59.9 Å². The summed E-state index contributed by atoms with van der Waals surface area (Å²) in [4.78, 5) is 17.0. The van der Waals surface area contributed by atoms with Crippen LogP contribution in [0.3, 0.4) is 0 Å². The zero-order valence-electron chi connectivity index (χ0n) is 15.4. The van der Waals surface area contributed by atoms with Crippen molar-refractivity contribution in [3.8, 4) is 0 Å². The predicted molar refractivity (Wildman–Crippen MR) is 108 cm³/mol. The molecule has 2 heterocycles. The molecule has 2 fully saturated rings. The fourth-order valence-electron chi connectivity index (χ4n) is 3.34. The lowest BCUT2D eigenvalue weighted by Crippen LogP contribution is -2.31. The molecule has 1 saturated carbocycles. The molecule has 2 aromatic rings. The molecule has 1 aliphatic heterocycles. The highest BCUT2D eigenvalue weighted by Crippen LogP contribution is 2.40. The van der Waals surface area contributed by atoms with Gasteiger partial charge in [-0.2, -0.15) is 0 Å². The number of amides is 1. The van der Waals surface area contributed by atoms with Gasteiger partial charge < -0.3 is 10.2 Å². The third-order valence-electron chi connectivity index (χ3n) is 5.04. The van der Waals surface area contributed by atoms with Gasteiger partial charge in [-0.25, -0.2) is 0 Å². The van der Waals surface area contributed by atoms with Crippen LogP contribution in [0.4, 0.5) is 5.69 Å². The van der Waals surface area contributed by atoms with Gasteiger partial charge in [-0.15, -0.1) is 0 Å². The van der Waals surface area contributed by atoms with Gasteiger partial charge in [0.2, 0.25) is 6.41 Å². The molecular formula is C22H31N3O. The number of anilines is 1. The second kappa shape index (κ2) is 10.1. The normalized spacial score (nSPS) is 17.1. The minimum Gasteiger partial charge on any atom is -0.329 e. The Morgan fingerprint density at radius 1 is 1.08 bits per heavy atom. The second-order valence-electron chi connectivity index (χ2n) is 7.13. The Hall–Kier alpha value is -2.20. The number of likely N-dealkylation sites (tertiary alicyclic amines) is 1. The summed E-state index contributed by atoms with van der Waals surface area (Å²) in [5.74, 6) is 0.787. The van der Waals surface area contributed by atoms with Crippen molar-refractivity contribution in [2.24, 2.45) is 0 Å². The van der Waals surface area contributed by atoms with E-state index in [0.29, 0.717) is 6.41 Å². The first-order valence-corrected chi connectivity index (χ1v) is 9.77. The van der Waals surface area contributed by atoms with Crippen LogP contribution in [-0.2, 0) is 11.2 Å². The fourth-order valence-corrected chi connectivity index (χ4v) is 3.34. The number of carbonyl (C=O) groups excluding carboxylic acids is 1. The Balaban J connectivity index is 0.000000189. The second-order valence-corrected chi connectivity index (χ2v) is 7.13. The van der Waals surface area contributed by atoms with Crippen molar-refractivity contribution in [1.29, 1.82) is 0 Å². The Kier molecular flexibility index (Phi) is 7.20. The number of nitrogens with one attached hydrogen (secondary N) is 1. The number of piperidine rings is 1. The highest BCUT2D eigenvalue weighted by atomic mass is 16.1. The van der Waals surface area contributed by atoms with Crippen LogP contribution in [0.1, 0.15) is 50.7 Å². The minimum atomic E-state index is 0. The molecule has 140 valence electrons. The number of rotatable bonds is 6. The summed E-state index contributed by atoms with van der Waals surface area (Å²) in [5, 5.41) is 2.61.